The normalized spacial score (nSPS) is 33.9. The number of thiophene rings is 1. The average Bonchev–Trinajstić information content (AvgIpc) is 2.79. The lowest BCUT2D eigenvalue weighted by molar-refractivity contribution is 0.152. The molecule has 0 bridgehead atoms. The third kappa shape index (κ3) is 2.88. The number of nitrogens with one attached hydrogen (secondary N) is 1. The van der Waals surface area contributed by atoms with Crippen molar-refractivity contribution >= 4 is 23.1 Å². The molecule has 19 heavy (non-hydrogen) atoms. The number of fused-ring (bicyclic) bond motifs is 1. The molecule has 2 heterocycles. The molecule has 3 heteroatoms. The first-order valence-electron chi connectivity index (χ1n) is 7.56. The molecule has 2 aliphatic rings. The van der Waals surface area contributed by atoms with Crippen LogP contribution in [0.1, 0.15) is 64.5 Å². The number of rotatable bonds is 2. The topological polar surface area (TPSA) is 12.0 Å². The summed E-state index contributed by atoms with van der Waals surface area (Å²) in [5.41, 5.74) is 2.02. The molecular formula is C16H25NS2. The fourth-order valence-electron chi connectivity index (χ4n) is 3.55. The van der Waals surface area contributed by atoms with Crippen molar-refractivity contribution in [2.75, 3.05) is 0 Å². The van der Waals surface area contributed by atoms with E-state index in [4.69, 9.17) is 0 Å². The van der Waals surface area contributed by atoms with E-state index in [1.54, 1.807) is 9.77 Å². The standard InChI is InChI=1S/C16H25NS2/c1-11-10-13(12-7-9-18-15(12)19-11)17-14-6-4-5-8-16(14,2)3/h7,9,11,13-14,17H,4-6,8,10H2,1-3H3/t11-,13?,14?/m0/s1. The number of hydrogen-bond donors (Lipinski definition) is 1. The van der Waals surface area contributed by atoms with Gasteiger partial charge in [0.05, 0.1) is 4.21 Å². The van der Waals surface area contributed by atoms with Gasteiger partial charge in [0.25, 0.3) is 0 Å². The fourth-order valence-corrected chi connectivity index (χ4v) is 6.12. The molecule has 3 rings (SSSR count). The van der Waals surface area contributed by atoms with Crippen molar-refractivity contribution in [1.29, 1.82) is 0 Å². The first kappa shape index (κ1) is 14.0. The second kappa shape index (κ2) is 5.42. The zero-order valence-corrected chi connectivity index (χ0v) is 13.9. The van der Waals surface area contributed by atoms with Crippen LogP contribution < -0.4 is 5.32 Å². The largest absolute Gasteiger partial charge is 0.307 e. The van der Waals surface area contributed by atoms with E-state index in [0.717, 1.165) is 5.25 Å². The quantitative estimate of drug-likeness (QED) is 0.801. The van der Waals surface area contributed by atoms with E-state index in [9.17, 15) is 0 Å². The van der Waals surface area contributed by atoms with Crippen molar-refractivity contribution in [3.05, 3.63) is 17.0 Å². The van der Waals surface area contributed by atoms with Crippen molar-refractivity contribution in [3.63, 3.8) is 0 Å². The zero-order valence-electron chi connectivity index (χ0n) is 12.2. The van der Waals surface area contributed by atoms with Crippen LogP contribution in [0, 0.1) is 5.41 Å². The van der Waals surface area contributed by atoms with Gasteiger partial charge in [-0.05, 0) is 41.7 Å². The number of hydrogen-bond acceptors (Lipinski definition) is 3. The van der Waals surface area contributed by atoms with Gasteiger partial charge in [0, 0.05) is 17.3 Å². The molecule has 1 aromatic heterocycles. The van der Waals surface area contributed by atoms with E-state index in [-0.39, 0.29) is 0 Å². The van der Waals surface area contributed by atoms with E-state index >= 15 is 0 Å². The molecule has 0 radical (unpaired) electrons. The molecule has 1 aromatic rings. The first-order chi connectivity index (χ1) is 9.06. The van der Waals surface area contributed by atoms with Crippen LogP contribution in [0.15, 0.2) is 15.7 Å². The predicted octanol–water partition coefficient (Wildman–Crippen LogP) is 5.23. The Morgan fingerprint density at radius 3 is 2.95 bits per heavy atom. The summed E-state index contributed by atoms with van der Waals surface area (Å²) in [7, 11) is 0. The Hall–Kier alpha value is 0.01000. The molecule has 1 N–H and O–H groups in total. The fraction of sp³-hybridized carbons (Fsp3) is 0.750. The van der Waals surface area contributed by atoms with E-state index in [1.807, 2.05) is 11.3 Å². The van der Waals surface area contributed by atoms with Gasteiger partial charge in [-0.15, -0.1) is 23.1 Å². The third-order valence-corrected chi connectivity index (χ3v) is 7.16. The summed E-state index contributed by atoms with van der Waals surface area (Å²) in [5.74, 6) is 0. The SMILES string of the molecule is C[C@H]1CC(NC2CCCCC2(C)C)c2ccsc2S1. The highest BCUT2D eigenvalue weighted by atomic mass is 32.2. The Kier molecular flexibility index (Phi) is 3.98. The maximum Gasteiger partial charge on any atom is 0.0649 e. The molecule has 106 valence electrons. The smallest absolute Gasteiger partial charge is 0.0649 e. The molecule has 0 saturated heterocycles. The summed E-state index contributed by atoms with van der Waals surface area (Å²) in [6, 6.07) is 3.61. The van der Waals surface area contributed by atoms with Gasteiger partial charge in [0.15, 0.2) is 0 Å². The molecule has 1 aliphatic heterocycles. The van der Waals surface area contributed by atoms with Crippen molar-refractivity contribution in [2.24, 2.45) is 5.41 Å². The summed E-state index contributed by atoms with van der Waals surface area (Å²) in [6.07, 6.45) is 6.81. The number of thioether (sulfide) groups is 1. The molecule has 0 spiro atoms. The van der Waals surface area contributed by atoms with E-state index in [1.165, 1.54) is 32.1 Å². The Bertz CT molecular complexity index is 438. The van der Waals surface area contributed by atoms with Crippen LogP contribution >= 0.6 is 23.1 Å². The minimum atomic E-state index is 0.461. The van der Waals surface area contributed by atoms with Crippen molar-refractivity contribution < 1.29 is 0 Å². The summed E-state index contributed by atoms with van der Waals surface area (Å²) in [5, 5.41) is 7.02. The van der Waals surface area contributed by atoms with Gasteiger partial charge in [-0.1, -0.05) is 33.6 Å². The maximum atomic E-state index is 4.01. The summed E-state index contributed by atoms with van der Waals surface area (Å²) >= 11 is 3.98. The van der Waals surface area contributed by atoms with E-state index in [0.29, 0.717) is 17.5 Å². The van der Waals surface area contributed by atoms with Crippen LogP contribution in [0.5, 0.6) is 0 Å². The molecule has 0 aromatic carbocycles. The van der Waals surface area contributed by atoms with Crippen LogP contribution in [0.4, 0.5) is 0 Å². The second-order valence-electron chi connectivity index (χ2n) is 6.83. The molecule has 1 saturated carbocycles. The third-order valence-electron chi connectivity index (χ3n) is 4.82. The lowest BCUT2D eigenvalue weighted by Crippen LogP contribution is -2.46. The lowest BCUT2D eigenvalue weighted by Gasteiger charge is -2.42. The molecule has 3 atom stereocenters. The maximum absolute atomic E-state index is 4.01. The Morgan fingerprint density at radius 2 is 2.16 bits per heavy atom. The monoisotopic (exact) mass is 295 g/mol. The lowest BCUT2D eigenvalue weighted by atomic mass is 9.73. The Labute approximate surface area is 125 Å². The molecule has 1 fully saturated rings. The van der Waals surface area contributed by atoms with E-state index in [2.05, 4.69) is 49.3 Å². The Morgan fingerprint density at radius 1 is 1.32 bits per heavy atom. The van der Waals surface area contributed by atoms with Crippen LogP contribution in [0.2, 0.25) is 0 Å². The summed E-state index contributed by atoms with van der Waals surface area (Å²) in [4.78, 5) is 0. The highest BCUT2D eigenvalue weighted by Gasteiger charge is 2.35. The average molecular weight is 296 g/mol. The van der Waals surface area contributed by atoms with Gasteiger partial charge < -0.3 is 5.32 Å². The molecule has 1 aliphatic carbocycles. The molecule has 0 amide bonds. The van der Waals surface area contributed by atoms with Gasteiger partial charge in [-0.2, -0.15) is 0 Å². The minimum absolute atomic E-state index is 0.461. The van der Waals surface area contributed by atoms with Gasteiger partial charge in [-0.25, -0.2) is 0 Å². The van der Waals surface area contributed by atoms with Crippen LogP contribution in [0.3, 0.4) is 0 Å². The van der Waals surface area contributed by atoms with Gasteiger partial charge in [0.2, 0.25) is 0 Å². The van der Waals surface area contributed by atoms with Crippen molar-refractivity contribution in [1.82, 2.24) is 5.32 Å². The van der Waals surface area contributed by atoms with E-state index < -0.39 is 0 Å². The first-order valence-corrected chi connectivity index (χ1v) is 9.32. The van der Waals surface area contributed by atoms with Gasteiger partial charge in [-0.3, -0.25) is 0 Å². The summed E-state index contributed by atoms with van der Waals surface area (Å²) in [6.45, 7) is 7.26. The summed E-state index contributed by atoms with van der Waals surface area (Å²) < 4.78 is 1.55. The minimum Gasteiger partial charge on any atom is -0.307 e. The molecule has 2 unspecified atom stereocenters. The highest BCUT2D eigenvalue weighted by molar-refractivity contribution is 8.01. The van der Waals surface area contributed by atoms with Gasteiger partial charge >= 0.3 is 0 Å². The van der Waals surface area contributed by atoms with Crippen LogP contribution in [0.25, 0.3) is 0 Å². The Balaban J connectivity index is 1.77. The molecule has 1 nitrogen and oxygen atoms in total. The predicted molar refractivity (Wildman–Crippen MR) is 86.2 cm³/mol. The van der Waals surface area contributed by atoms with Crippen LogP contribution in [-0.2, 0) is 0 Å². The zero-order chi connectivity index (χ0) is 13.5. The molecular weight excluding hydrogens is 270 g/mol. The van der Waals surface area contributed by atoms with Crippen molar-refractivity contribution in [2.45, 2.75) is 74.4 Å². The highest BCUT2D eigenvalue weighted by Crippen LogP contribution is 2.45. The van der Waals surface area contributed by atoms with Gasteiger partial charge in [0.1, 0.15) is 0 Å². The van der Waals surface area contributed by atoms with Crippen LogP contribution in [-0.4, -0.2) is 11.3 Å². The second-order valence-corrected chi connectivity index (χ2v) is 9.46. The van der Waals surface area contributed by atoms with Crippen molar-refractivity contribution in [3.8, 4) is 0 Å².